The van der Waals surface area contributed by atoms with Gasteiger partial charge in [-0.15, -0.1) is 0 Å². The molecule has 0 aliphatic carbocycles. The fourth-order valence-electron chi connectivity index (χ4n) is 6.37. The molecule has 4 aromatic rings. The molecule has 0 atom stereocenters. The minimum atomic E-state index is -4.70. The highest BCUT2D eigenvalue weighted by Crippen LogP contribution is 2.40. The number of carbonyl (C=O) groups excluding carboxylic acids is 2. The van der Waals surface area contributed by atoms with Gasteiger partial charge in [-0.05, 0) is 48.4 Å². The third-order valence-electron chi connectivity index (χ3n) is 8.52. The predicted octanol–water partition coefficient (Wildman–Crippen LogP) is 8.15. The molecule has 1 aromatic heterocycles. The summed E-state index contributed by atoms with van der Waals surface area (Å²) in [5, 5.41) is 2.84. The third-order valence-corrected chi connectivity index (χ3v) is 8.52. The van der Waals surface area contributed by atoms with Crippen LogP contribution < -0.4 is 15.7 Å². The van der Waals surface area contributed by atoms with E-state index in [0.717, 1.165) is 12.8 Å². The van der Waals surface area contributed by atoms with Crippen molar-refractivity contribution in [3.63, 3.8) is 0 Å². The Hall–Kier alpha value is -4.60. The molecule has 1 aliphatic heterocycles. The number of imide groups is 1. The molecule has 0 saturated carbocycles. The summed E-state index contributed by atoms with van der Waals surface area (Å²) in [6, 6.07) is 20.0. The van der Waals surface area contributed by atoms with Gasteiger partial charge in [0, 0.05) is 23.6 Å². The van der Waals surface area contributed by atoms with E-state index in [1.54, 1.807) is 0 Å². The molecule has 10 heteroatoms. The Morgan fingerprint density at radius 3 is 2.04 bits per heavy atom. The zero-order valence-electron chi connectivity index (χ0n) is 26.6. The van der Waals surface area contributed by atoms with E-state index >= 15 is 0 Å². The number of ether oxygens (including phenoxy) is 1. The van der Waals surface area contributed by atoms with Gasteiger partial charge in [-0.25, -0.2) is 9.59 Å². The van der Waals surface area contributed by atoms with Crippen molar-refractivity contribution in [2.45, 2.75) is 76.9 Å². The first-order chi connectivity index (χ1) is 22.6. The maximum Gasteiger partial charge on any atom is 0.417 e. The molecule has 7 nitrogen and oxygen atoms in total. The van der Waals surface area contributed by atoms with Crippen LogP contribution >= 0.6 is 0 Å². The van der Waals surface area contributed by atoms with Crippen molar-refractivity contribution in [1.82, 2.24) is 10.2 Å². The number of benzene rings is 3. The monoisotopic (exact) mass is 648 g/mol. The Morgan fingerprint density at radius 2 is 1.45 bits per heavy atom. The first-order valence-corrected chi connectivity index (χ1v) is 16.2. The van der Waals surface area contributed by atoms with E-state index in [-0.39, 0.29) is 23.4 Å². The van der Waals surface area contributed by atoms with Crippen LogP contribution in [0.15, 0.2) is 82.0 Å². The van der Waals surface area contributed by atoms with E-state index in [0.29, 0.717) is 79.2 Å². The summed E-state index contributed by atoms with van der Waals surface area (Å²) in [7, 11) is 0. The van der Waals surface area contributed by atoms with Crippen LogP contribution in [0.4, 0.5) is 18.0 Å². The van der Waals surface area contributed by atoms with Crippen LogP contribution in [0.25, 0.3) is 11.0 Å². The number of carbonyl (C=O) groups is 2. The van der Waals surface area contributed by atoms with E-state index in [1.807, 2.05) is 74.5 Å². The highest BCUT2D eigenvalue weighted by molar-refractivity contribution is 6.09. The minimum Gasteiger partial charge on any atom is -0.493 e. The van der Waals surface area contributed by atoms with Gasteiger partial charge in [0.2, 0.25) is 0 Å². The zero-order valence-corrected chi connectivity index (χ0v) is 26.6. The minimum absolute atomic E-state index is 0.0721. The van der Waals surface area contributed by atoms with Crippen molar-refractivity contribution in [3.05, 3.63) is 111 Å². The molecule has 0 bridgehead atoms. The molecule has 0 unspecified atom stereocenters. The average molecular weight is 649 g/mol. The van der Waals surface area contributed by atoms with E-state index in [4.69, 9.17) is 9.15 Å². The summed E-state index contributed by atoms with van der Waals surface area (Å²) in [4.78, 5) is 40.4. The van der Waals surface area contributed by atoms with Crippen LogP contribution in [-0.2, 0) is 29.4 Å². The second-order valence-electron chi connectivity index (χ2n) is 11.8. The number of alkyl halides is 3. The summed E-state index contributed by atoms with van der Waals surface area (Å²) in [5.41, 5.74) is -0.895. The van der Waals surface area contributed by atoms with Crippen molar-refractivity contribution in [2.75, 3.05) is 13.2 Å². The fraction of sp³-hybridized carbons (Fsp3) is 0.378. The molecule has 2 heterocycles. The second kappa shape index (κ2) is 14.4. The summed E-state index contributed by atoms with van der Waals surface area (Å²) >= 11 is 0. The van der Waals surface area contributed by atoms with E-state index in [1.165, 1.54) is 11.0 Å². The number of rotatable bonds is 14. The number of nitrogens with zero attached hydrogens (tertiary/aromatic N) is 1. The highest BCUT2D eigenvalue weighted by Gasteiger charge is 2.53. The van der Waals surface area contributed by atoms with Gasteiger partial charge in [-0.2, -0.15) is 13.2 Å². The standard InChI is InChI=1S/C37H39F3N2O5/c1-3-15-25-23-29-30(37(38,39)40)24-31(43)47-33(29)28(16-4-2)32(25)46-22-14-6-5-13-21-42-34(44)36(41-35(42)45,26-17-9-7-10-18-26)27-19-11-8-12-20-27/h7-12,17-20,23-24H,3-6,13-16,21-22H2,1-2H3,(H,41,45). The van der Waals surface area contributed by atoms with Gasteiger partial charge in [0.1, 0.15) is 11.3 Å². The molecule has 5 rings (SSSR count). The lowest BCUT2D eigenvalue weighted by Gasteiger charge is -2.28. The van der Waals surface area contributed by atoms with Crippen LogP contribution in [0, 0.1) is 0 Å². The van der Waals surface area contributed by atoms with Crippen LogP contribution in [-0.4, -0.2) is 30.0 Å². The highest BCUT2D eigenvalue weighted by atomic mass is 19.4. The first kappa shape index (κ1) is 33.8. The number of amides is 3. The summed E-state index contributed by atoms with van der Waals surface area (Å²) < 4.78 is 53.2. The van der Waals surface area contributed by atoms with Crippen molar-refractivity contribution >= 4 is 22.9 Å². The summed E-state index contributed by atoms with van der Waals surface area (Å²) in [5.74, 6) is 0.174. The van der Waals surface area contributed by atoms with Crippen LogP contribution in [0.3, 0.4) is 0 Å². The van der Waals surface area contributed by atoms with Crippen LogP contribution in [0.1, 0.15) is 80.2 Å². The van der Waals surface area contributed by atoms with E-state index < -0.39 is 28.9 Å². The third kappa shape index (κ3) is 6.92. The Morgan fingerprint density at radius 1 is 0.830 bits per heavy atom. The number of nitrogens with one attached hydrogen (secondary N) is 1. The molecular weight excluding hydrogens is 609 g/mol. The quantitative estimate of drug-likeness (QED) is 0.0847. The Bertz CT molecular complexity index is 1730. The molecule has 47 heavy (non-hydrogen) atoms. The number of halogens is 3. The smallest absolute Gasteiger partial charge is 0.417 e. The topological polar surface area (TPSA) is 88.8 Å². The lowest BCUT2D eigenvalue weighted by molar-refractivity contribution is -0.136. The van der Waals surface area contributed by atoms with Crippen molar-refractivity contribution in [1.29, 1.82) is 0 Å². The van der Waals surface area contributed by atoms with Gasteiger partial charge < -0.3 is 14.5 Å². The van der Waals surface area contributed by atoms with Crippen LogP contribution in [0.5, 0.6) is 5.75 Å². The SMILES string of the molecule is CCCc1cc2c(C(F)(F)F)cc(=O)oc2c(CCC)c1OCCCCCCN1C(=O)NC(c2ccccc2)(c2ccccc2)C1=O. The van der Waals surface area contributed by atoms with Gasteiger partial charge in [0.25, 0.3) is 5.91 Å². The van der Waals surface area contributed by atoms with Crippen molar-refractivity contribution in [3.8, 4) is 5.75 Å². The van der Waals surface area contributed by atoms with Gasteiger partial charge in [0.15, 0.2) is 5.54 Å². The lowest BCUT2D eigenvalue weighted by Crippen LogP contribution is -2.45. The molecule has 0 radical (unpaired) electrons. The number of urea groups is 1. The molecule has 1 saturated heterocycles. The van der Waals surface area contributed by atoms with Gasteiger partial charge in [-0.3, -0.25) is 9.69 Å². The summed E-state index contributed by atoms with van der Waals surface area (Å²) in [6.07, 6.45) is 0.264. The Labute approximate surface area is 271 Å². The normalized spacial score (nSPS) is 14.5. The Balaban J connectivity index is 1.24. The number of hydrogen-bond acceptors (Lipinski definition) is 5. The van der Waals surface area contributed by atoms with E-state index in [2.05, 4.69) is 5.32 Å². The Kier molecular flexibility index (Phi) is 10.4. The summed E-state index contributed by atoms with van der Waals surface area (Å²) in [6.45, 7) is 4.43. The number of fused-ring (bicyclic) bond motifs is 1. The molecule has 3 aromatic carbocycles. The largest absolute Gasteiger partial charge is 0.493 e. The van der Waals surface area contributed by atoms with Crippen molar-refractivity contribution < 1.29 is 31.9 Å². The van der Waals surface area contributed by atoms with Gasteiger partial charge >= 0.3 is 17.8 Å². The molecule has 248 valence electrons. The number of aryl methyl sites for hydroxylation is 2. The predicted molar refractivity (Wildman–Crippen MR) is 173 cm³/mol. The maximum absolute atomic E-state index is 13.9. The molecule has 0 spiro atoms. The first-order valence-electron chi connectivity index (χ1n) is 16.2. The average Bonchev–Trinajstić information content (AvgIpc) is 3.31. The number of unbranched alkanes of at least 4 members (excludes halogenated alkanes) is 3. The molecule has 1 fully saturated rings. The molecule has 1 N–H and O–H groups in total. The molecule has 1 aliphatic rings. The second-order valence-corrected chi connectivity index (χ2v) is 11.8. The van der Waals surface area contributed by atoms with Crippen molar-refractivity contribution in [2.24, 2.45) is 0 Å². The zero-order chi connectivity index (χ0) is 33.6. The van der Waals surface area contributed by atoms with Gasteiger partial charge in [-0.1, -0.05) is 100 Å². The molecular formula is C37H39F3N2O5. The van der Waals surface area contributed by atoms with E-state index in [9.17, 15) is 27.6 Å². The lowest BCUT2D eigenvalue weighted by atomic mass is 9.82. The maximum atomic E-state index is 13.9. The van der Waals surface area contributed by atoms with Gasteiger partial charge in [0.05, 0.1) is 12.2 Å². The number of hydrogen-bond donors (Lipinski definition) is 1. The molecule has 3 amide bonds. The fourth-order valence-corrected chi connectivity index (χ4v) is 6.37. The van der Waals surface area contributed by atoms with Crippen LogP contribution in [0.2, 0.25) is 0 Å².